The quantitative estimate of drug-likeness (QED) is 0.795. The van der Waals surface area contributed by atoms with E-state index < -0.39 is 5.97 Å². The van der Waals surface area contributed by atoms with Gasteiger partial charge in [-0.25, -0.2) is 4.79 Å². The maximum Gasteiger partial charge on any atom is 0.349 e. The molecule has 0 aliphatic heterocycles. The number of ether oxygens (including phenoxy) is 1. The highest BCUT2D eigenvalue weighted by Gasteiger charge is 2.23. The summed E-state index contributed by atoms with van der Waals surface area (Å²) < 4.78 is 5.46. The Hall–Kier alpha value is -1.07. The molecule has 0 unspecified atom stereocenters. The highest BCUT2D eigenvalue weighted by Crippen LogP contribution is 2.36. The third-order valence-electron chi connectivity index (χ3n) is 2.24. The van der Waals surface area contributed by atoms with Gasteiger partial charge in [-0.05, 0) is 24.4 Å². The molecular formula is C12H19NO3S. The van der Waals surface area contributed by atoms with Gasteiger partial charge in [-0.3, -0.25) is 0 Å². The summed E-state index contributed by atoms with van der Waals surface area (Å²) in [6, 6.07) is 1.82. The Labute approximate surface area is 105 Å². The van der Waals surface area contributed by atoms with Gasteiger partial charge >= 0.3 is 5.97 Å². The van der Waals surface area contributed by atoms with Crippen LogP contribution < -0.4 is 10.5 Å². The first-order valence-electron chi connectivity index (χ1n) is 5.56. The van der Waals surface area contributed by atoms with Gasteiger partial charge in [-0.2, -0.15) is 0 Å². The summed E-state index contributed by atoms with van der Waals surface area (Å²) in [4.78, 5) is 12.4. The Balaban J connectivity index is 2.94. The zero-order valence-electron chi connectivity index (χ0n) is 10.4. The minimum Gasteiger partial charge on any atom is -0.492 e. The summed E-state index contributed by atoms with van der Waals surface area (Å²) in [5.41, 5.74) is 5.31. The summed E-state index contributed by atoms with van der Waals surface area (Å²) in [5, 5.41) is 9.11. The highest BCUT2D eigenvalue weighted by atomic mass is 32.1. The first-order valence-corrected chi connectivity index (χ1v) is 6.38. The van der Waals surface area contributed by atoms with Crippen molar-refractivity contribution in [3.63, 3.8) is 0 Å². The molecule has 17 heavy (non-hydrogen) atoms. The smallest absolute Gasteiger partial charge is 0.349 e. The summed E-state index contributed by atoms with van der Waals surface area (Å²) in [7, 11) is 0. The van der Waals surface area contributed by atoms with Gasteiger partial charge < -0.3 is 15.6 Å². The van der Waals surface area contributed by atoms with Crippen LogP contribution in [0.2, 0.25) is 0 Å². The van der Waals surface area contributed by atoms with Crippen molar-refractivity contribution in [1.82, 2.24) is 0 Å². The topological polar surface area (TPSA) is 72.5 Å². The summed E-state index contributed by atoms with van der Waals surface area (Å²) in [5.74, 6) is -0.478. The van der Waals surface area contributed by atoms with Crippen LogP contribution in [-0.2, 0) is 5.41 Å². The molecule has 0 bridgehead atoms. The second kappa shape index (κ2) is 5.51. The molecule has 0 aliphatic carbocycles. The first-order chi connectivity index (χ1) is 7.86. The van der Waals surface area contributed by atoms with Crippen LogP contribution in [0.15, 0.2) is 6.07 Å². The van der Waals surface area contributed by atoms with E-state index in [9.17, 15) is 4.79 Å². The minimum absolute atomic E-state index is 0.0651. The van der Waals surface area contributed by atoms with Crippen molar-refractivity contribution in [2.24, 2.45) is 5.73 Å². The van der Waals surface area contributed by atoms with E-state index in [4.69, 9.17) is 15.6 Å². The van der Waals surface area contributed by atoms with Gasteiger partial charge in [0, 0.05) is 4.88 Å². The number of hydrogen-bond acceptors (Lipinski definition) is 4. The summed E-state index contributed by atoms with van der Waals surface area (Å²) in [6.45, 7) is 7.14. The van der Waals surface area contributed by atoms with E-state index in [1.807, 2.05) is 26.8 Å². The summed E-state index contributed by atoms with van der Waals surface area (Å²) in [6.07, 6.45) is 0.722. The number of hydrogen-bond donors (Lipinski definition) is 2. The molecule has 0 saturated heterocycles. The number of aromatic carboxylic acids is 1. The van der Waals surface area contributed by atoms with E-state index in [1.54, 1.807) is 0 Å². The second-order valence-electron chi connectivity index (χ2n) is 4.85. The van der Waals surface area contributed by atoms with Crippen LogP contribution >= 0.6 is 11.3 Å². The van der Waals surface area contributed by atoms with Crippen LogP contribution in [0.25, 0.3) is 0 Å². The van der Waals surface area contributed by atoms with E-state index >= 15 is 0 Å². The molecule has 1 aromatic heterocycles. The lowest BCUT2D eigenvalue weighted by Crippen LogP contribution is -2.08. The molecule has 0 aromatic carbocycles. The molecule has 4 nitrogen and oxygen atoms in total. The number of rotatable bonds is 5. The van der Waals surface area contributed by atoms with Crippen molar-refractivity contribution >= 4 is 17.3 Å². The lowest BCUT2D eigenvalue weighted by molar-refractivity contribution is 0.0698. The number of carboxylic acid groups (broad SMARTS) is 1. The summed E-state index contributed by atoms with van der Waals surface area (Å²) >= 11 is 1.28. The predicted molar refractivity (Wildman–Crippen MR) is 69.1 cm³/mol. The highest BCUT2D eigenvalue weighted by molar-refractivity contribution is 7.14. The molecule has 0 amide bonds. The molecule has 96 valence electrons. The van der Waals surface area contributed by atoms with Gasteiger partial charge in [0.1, 0.15) is 5.75 Å². The van der Waals surface area contributed by atoms with Crippen molar-refractivity contribution < 1.29 is 14.6 Å². The molecular weight excluding hydrogens is 238 g/mol. The molecule has 3 N–H and O–H groups in total. The van der Waals surface area contributed by atoms with Crippen molar-refractivity contribution in [3.05, 3.63) is 15.8 Å². The number of carboxylic acids is 1. The van der Waals surface area contributed by atoms with Crippen molar-refractivity contribution in [2.75, 3.05) is 13.2 Å². The van der Waals surface area contributed by atoms with Gasteiger partial charge in [-0.1, -0.05) is 20.8 Å². The zero-order valence-corrected chi connectivity index (χ0v) is 11.3. The van der Waals surface area contributed by atoms with Gasteiger partial charge in [-0.15, -0.1) is 11.3 Å². The van der Waals surface area contributed by atoms with Gasteiger partial charge in [0.25, 0.3) is 0 Å². The van der Waals surface area contributed by atoms with Gasteiger partial charge in [0.15, 0.2) is 4.88 Å². The Morgan fingerprint density at radius 3 is 2.65 bits per heavy atom. The molecule has 0 saturated carbocycles. The van der Waals surface area contributed by atoms with Crippen LogP contribution in [0.3, 0.4) is 0 Å². The van der Waals surface area contributed by atoms with E-state index in [0.717, 1.165) is 11.3 Å². The van der Waals surface area contributed by atoms with Crippen molar-refractivity contribution in [3.8, 4) is 5.75 Å². The standard InChI is InChI=1S/C12H19NO3S/c1-12(2,3)9-7-8(16-6-4-5-13)10(17-9)11(14)15/h7H,4-6,13H2,1-3H3,(H,14,15). The molecule has 1 aromatic rings. The van der Waals surface area contributed by atoms with E-state index in [1.165, 1.54) is 11.3 Å². The fraction of sp³-hybridized carbons (Fsp3) is 0.583. The monoisotopic (exact) mass is 257 g/mol. The number of thiophene rings is 1. The zero-order chi connectivity index (χ0) is 13.1. The van der Waals surface area contributed by atoms with Crippen LogP contribution in [0.4, 0.5) is 0 Å². The molecule has 0 spiro atoms. The predicted octanol–water partition coefficient (Wildman–Crippen LogP) is 2.47. The van der Waals surface area contributed by atoms with Crippen LogP contribution in [0.5, 0.6) is 5.75 Å². The van der Waals surface area contributed by atoms with Gasteiger partial charge in [0.2, 0.25) is 0 Å². The van der Waals surface area contributed by atoms with Crippen molar-refractivity contribution in [1.29, 1.82) is 0 Å². The van der Waals surface area contributed by atoms with Gasteiger partial charge in [0.05, 0.1) is 6.61 Å². The van der Waals surface area contributed by atoms with E-state index in [0.29, 0.717) is 18.9 Å². The molecule has 0 radical (unpaired) electrons. The lowest BCUT2D eigenvalue weighted by Gasteiger charge is -2.14. The average Bonchev–Trinajstić information content (AvgIpc) is 2.61. The maximum absolute atomic E-state index is 11.1. The SMILES string of the molecule is CC(C)(C)c1cc(OCCCN)c(C(=O)O)s1. The third kappa shape index (κ3) is 3.71. The molecule has 1 rings (SSSR count). The fourth-order valence-electron chi connectivity index (χ4n) is 1.27. The molecule has 0 atom stereocenters. The van der Waals surface area contributed by atoms with Crippen molar-refractivity contribution in [2.45, 2.75) is 32.6 Å². The lowest BCUT2D eigenvalue weighted by atomic mass is 9.95. The van der Waals surface area contributed by atoms with E-state index in [2.05, 4.69) is 0 Å². The van der Waals surface area contributed by atoms with E-state index in [-0.39, 0.29) is 10.3 Å². The van der Waals surface area contributed by atoms with Crippen LogP contribution in [0.1, 0.15) is 41.7 Å². The average molecular weight is 257 g/mol. The molecule has 1 heterocycles. The van der Waals surface area contributed by atoms with Crippen LogP contribution in [-0.4, -0.2) is 24.2 Å². The fourth-order valence-corrected chi connectivity index (χ4v) is 2.26. The third-order valence-corrected chi connectivity index (χ3v) is 3.77. The Kier molecular flexibility index (Phi) is 4.54. The second-order valence-corrected chi connectivity index (χ2v) is 5.90. The Morgan fingerprint density at radius 1 is 1.53 bits per heavy atom. The maximum atomic E-state index is 11.1. The Bertz CT molecular complexity index is 393. The molecule has 0 aliphatic rings. The first kappa shape index (κ1) is 14.0. The number of nitrogens with two attached hydrogens (primary N) is 1. The number of carbonyl (C=O) groups is 1. The molecule has 5 heteroatoms. The Morgan fingerprint density at radius 2 is 2.18 bits per heavy atom. The van der Waals surface area contributed by atoms with Crippen LogP contribution in [0, 0.1) is 0 Å². The largest absolute Gasteiger partial charge is 0.492 e. The normalized spacial score (nSPS) is 11.5. The minimum atomic E-state index is -0.937. The molecule has 0 fully saturated rings.